The summed E-state index contributed by atoms with van der Waals surface area (Å²) in [7, 11) is -7.13. The van der Waals surface area contributed by atoms with Crippen LogP contribution in [0.3, 0.4) is 0 Å². The fourth-order valence-electron chi connectivity index (χ4n) is 7.03. The number of hydrogen-bond donors (Lipinski definition) is 0. The molecule has 8 aromatic carbocycles. The normalized spacial score (nSPS) is 10.9. The van der Waals surface area contributed by atoms with E-state index in [-0.39, 0.29) is 0 Å². The van der Waals surface area contributed by atoms with Gasteiger partial charge in [0.1, 0.15) is 64.4 Å². The van der Waals surface area contributed by atoms with Gasteiger partial charge in [-0.25, -0.2) is 0 Å². The average Bonchev–Trinajstić information content (AvgIpc) is 3.25. The Bertz CT molecular complexity index is 1980. The molecule has 0 fully saturated rings. The summed E-state index contributed by atoms with van der Waals surface area (Å²) in [5.74, 6) is 0. The van der Waals surface area contributed by atoms with E-state index in [4.69, 9.17) is 33.2 Å². The van der Waals surface area contributed by atoms with Crippen molar-refractivity contribution in [3.05, 3.63) is 241 Å². The highest BCUT2D eigenvalue weighted by molar-refractivity contribution is 8.02. The Kier molecular flexibility index (Phi) is 14.4. The van der Waals surface area contributed by atoms with Crippen LogP contribution < -0.4 is 52.5 Å². The second-order valence-corrected chi connectivity index (χ2v) is 20.3. The maximum atomic E-state index is 9.89. The van der Waals surface area contributed by atoms with E-state index in [0.29, 0.717) is 0 Å². The van der Waals surface area contributed by atoms with E-state index in [0.717, 1.165) is 10.0 Å². The van der Waals surface area contributed by atoms with E-state index in [1.54, 1.807) is 0 Å². The van der Waals surface area contributed by atoms with E-state index in [1.807, 2.05) is 24.3 Å². The van der Waals surface area contributed by atoms with E-state index in [9.17, 15) is 4.32 Å². The fourth-order valence-corrected chi connectivity index (χ4v) is 15.8. The molecule has 0 radical (unpaired) electrons. The molecule has 0 heterocycles. The summed E-state index contributed by atoms with van der Waals surface area (Å²) < 4.78 is 9.89. The molecule has 8 heteroatoms. The van der Waals surface area contributed by atoms with Crippen LogP contribution in [0.25, 0.3) is 0 Å². The van der Waals surface area contributed by atoms with E-state index in [2.05, 4.69) is 206 Å². The molecule has 0 unspecified atom stereocenters. The van der Waals surface area contributed by atoms with Gasteiger partial charge in [-0.3, -0.25) is 0 Å². The quantitative estimate of drug-likeness (QED) is 0.118. The van der Waals surface area contributed by atoms with Crippen LogP contribution in [0.2, 0.25) is 10.0 Å². The van der Waals surface area contributed by atoms with Gasteiger partial charge in [0.2, 0.25) is 0 Å². The summed E-state index contributed by atoms with van der Waals surface area (Å²) in [6.07, 6.45) is 0. The molecule has 56 heavy (non-hydrogen) atoms. The number of rotatable bonds is 8. The van der Waals surface area contributed by atoms with Crippen LogP contribution in [-0.2, 0) is 0 Å². The lowest BCUT2D eigenvalue weighted by Gasteiger charge is -2.27. The van der Waals surface area contributed by atoms with Gasteiger partial charge >= 0.3 is 0 Å². The van der Waals surface area contributed by atoms with Gasteiger partial charge in [0.15, 0.2) is 0 Å². The fraction of sp³-hybridized carbons (Fsp3) is 0. The lowest BCUT2D eigenvalue weighted by molar-refractivity contribution is -0.366. The second kappa shape index (κ2) is 19.8. The largest absolute Gasteiger partial charge is 0.867 e. The number of benzene rings is 8. The Balaban J connectivity index is 0.000000174. The van der Waals surface area contributed by atoms with Crippen molar-refractivity contribution in [3.8, 4) is 0 Å². The van der Waals surface area contributed by atoms with Crippen molar-refractivity contribution < 1.29 is 14.4 Å². The zero-order valence-corrected chi connectivity index (χ0v) is 33.7. The molecular formula is C48H38BCl2FO2P2. The highest BCUT2D eigenvalue weighted by Gasteiger charge is 2.48. The van der Waals surface area contributed by atoms with Crippen LogP contribution in [0.5, 0.6) is 0 Å². The molecular weight excluding hydrogens is 771 g/mol. The third-order valence-corrected chi connectivity index (χ3v) is 18.4. The molecule has 8 aromatic rings. The van der Waals surface area contributed by atoms with Gasteiger partial charge < -0.3 is 14.4 Å². The summed E-state index contributed by atoms with van der Waals surface area (Å²) >= 11 is 12.4. The van der Waals surface area contributed by atoms with Gasteiger partial charge in [-0.05, 0) is 121 Å². The van der Waals surface area contributed by atoms with Crippen molar-refractivity contribution in [2.24, 2.45) is 0 Å². The summed E-state index contributed by atoms with van der Waals surface area (Å²) in [6, 6.07) is 81.8. The topological polar surface area (TPSA) is 46.1 Å². The van der Waals surface area contributed by atoms with Gasteiger partial charge in [0.05, 0.1) is 0 Å². The Morgan fingerprint density at radius 2 is 0.429 bits per heavy atom. The van der Waals surface area contributed by atoms with Crippen molar-refractivity contribution in [1.29, 1.82) is 0 Å². The smallest absolute Gasteiger partial charge is 0.144 e. The molecule has 0 aliphatic rings. The zero-order valence-electron chi connectivity index (χ0n) is 30.4. The maximum Gasteiger partial charge on any atom is 0.144 e. The first-order valence-corrected chi connectivity index (χ1v) is 22.3. The minimum Gasteiger partial charge on any atom is -0.867 e. The summed E-state index contributed by atoms with van der Waals surface area (Å²) in [4.78, 5) is 0. The van der Waals surface area contributed by atoms with E-state index in [1.165, 1.54) is 42.4 Å². The molecule has 0 aliphatic carbocycles. The Morgan fingerprint density at radius 1 is 0.286 bits per heavy atom. The van der Waals surface area contributed by atoms with Crippen LogP contribution >= 0.6 is 37.7 Å². The highest BCUT2D eigenvalue weighted by Crippen LogP contribution is 2.55. The van der Waals surface area contributed by atoms with Crippen LogP contribution in [0.4, 0.5) is 4.32 Å². The van der Waals surface area contributed by atoms with E-state index < -0.39 is 21.9 Å². The second-order valence-electron chi connectivity index (χ2n) is 12.6. The van der Waals surface area contributed by atoms with Crippen molar-refractivity contribution in [2.75, 3.05) is 0 Å². The number of hydrogen-bond acceptors (Lipinski definition) is 2. The van der Waals surface area contributed by atoms with Gasteiger partial charge in [-0.2, -0.15) is 0 Å². The molecule has 276 valence electrons. The summed E-state index contributed by atoms with van der Waals surface area (Å²) in [5.41, 5.74) is 0. The minimum absolute atomic E-state index is 0.765. The third-order valence-electron chi connectivity index (χ3n) is 9.29. The molecule has 0 atom stereocenters. The Hall–Kier alpha value is -4.89. The minimum atomic E-state index is -3.17. The predicted octanol–water partition coefficient (Wildman–Crippen LogP) is 7.58. The molecule has 0 saturated carbocycles. The molecule has 8 rings (SSSR count). The lowest BCUT2D eigenvalue weighted by Crippen LogP contribution is -2.39. The molecule has 2 nitrogen and oxygen atoms in total. The maximum absolute atomic E-state index is 9.89. The molecule has 0 aliphatic heterocycles. The first-order chi connectivity index (χ1) is 27.4. The van der Waals surface area contributed by atoms with Gasteiger partial charge in [-0.15, -0.1) is 0 Å². The van der Waals surface area contributed by atoms with Gasteiger partial charge in [0, 0.05) is 10.0 Å². The first kappa shape index (κ1) is 40.8. The Labute approximate surface area is 340 Å². The monoisotopic (exact) mass is 808 g/mol. The van der Waals surface area contributed by atoms with Crippen molar-refractivity contribution >= 4 is 87.6 Å². The van der Waals surface area contributed by atoms with Crippen LogP contribution in [-0.4, -0.2) is 7.40 Å². The van der Waals surface area contributed by atoms with Crippen LogP contribution in [0.15, 0.2) is 231 Å². The molecule has 0 amide bonds. The molecule has 0 saturated heterocycles. The SMILES string of the molecule is Clc1ccc([P+](c2ccccc2)(c2ccccc2)c2ccccc2)cc1.Clc1ccc([P+](c2ccccc2)(c2ccccc2)c2ccccc2)cc1.[O-]B([O-])F. The summed E-state index contributed by atoms with van der Waals surface area (Å²) in [5, 5.41) is 28.8. The standard InChI is InChI=1S/2C24H19ClP.BFO2/c2*25-20-16-18-24(19-17-20)26(21-10-4-1-5-11-21,22-12-6-2-7-13-22)23-14-8-3-9-15-23;2-1(3)4/h2*1-19H;/q2*+1;-2. The van der Waals surface area contributed by atoms with E-state index >= 15 is 0 Å². The van der Waals surface area contributed by atoms with Crippen molar-refractivity contribution in [2.45, 2.75) is 0 Å². The third kappa shape index (κ3) is 9.21. The summed E-state index contributed by atoms with van der Waals surface area (Å²) in [6.45, 7) is 0. The van der Waals surface area contributed by atoms with Crippen LogP contribution in [0, 0.1) is 0 Å². The van der Waals surface area contributed by atoms with Gasteiger partial charge in [-0.1, -0.05) is 132 Å². The first-order valence-electron chi connectivity index (χ1n) is 18.0. The molecule has 0 aromatic heterocycles. The average molecular weight is 809 g/mol. The number of halogens is 3. The molecule has 0 spiro atoms. The van der Waals surface area contributed by atoms with Gasteiger partial charge in [0.25, 0.3) is 0 Å². The Morgan fingerprint density at radius 3 is 0.589 bits per heavy atom. The predicted molar refractivity (Wildman–Crippen MR) is 239 cm³/mol. The lowest BCUT2D eigenvalue weighted by atomic mass is 10.3. The van der Waals surface area contributed by atoms with Crippen molar-refractivity contribution in [3.63, 3.8) is 0 Å². The highest BCUT2D eigenvalue weighted by atomic mass is 35.5. The molecule has 0 N–H and O–H groups in total. The zero-order chi connectivity index (χ0) is 39.2. The van der Waals surface area contributed by atoms with Crippen LogP contribution in [0.1, 0.15) is 0 Å². The van der Waals surface area contributed by atoms with Crippen molar-refractivity contribution in [1.82, 2.24) is 0 Å². The molecule has 0 bridgehead atoms.